The van der Waals surface area contributed by atoms with Crippen molar-refractivity contribution in [2.24, 2.45) is 0 Å². The molecule has 0 rings (SSSR count). The lowest BCUT2D eigenvalue weighted by Crippen LogP contribution is -2.26. The maximum atomic E-state index is 11.5. The van der Waals surface area contributed by atoms with Crippen LogP contribution in [0.3, 0.4) is 0 Å². The summed E-state index contributed by atoms with van der Waals surface area (Å²) < 4.78 is 0. The number of nitrogens with zero attached hydrogens (tertiary/aromatic N) is 1. The highest BCUT2D eigenvalue weighted by molar-refractivity contribution is 5.86. The van der Waals surface area contributed by atoms with E-state index in [9.17, 15) is 14.8 Å². The van der Waals surface area contributed by atoms with Crippen molar-refractivity contribution in [3.8, 4) is 0 Å². The Morgan fingerprint density at radius 3 is 2.33 bits per heavy atom. The van der Waals surface area contributed by atoms with Crippen molar-refractivity contribution >= 4 is 11.9 Å². The molecule has 0 aliphatic rings. The zero-order valence-corrected chi connectivity index (χ0v) is 13.1. The van der Waals surface area contributed by atoms with Crippen LogP contribution in [0.1, 0.15) is 71.1 Å². The molecule has 0 aliphatic carbocycles. The minimum atomic E-state index is -0.857. The van der Waals surface area contributed by atoms with Gasteiger partial charge < -0.3 is 5.11 Å². The normalized spacial score (nSPS) is 11.0. The monoisotopic (exact) mass is 299 g/mol. The van der Waals surface area contributed by atoms with Crippen LogP contribution in [0.2, 0.25) is 0 Å². The summed E-state index contributed by atoms with van der Waals surface area (Å²) in [5.41, 5.74) is 0. The molecule has 0 saturated carbocycles. The van der Waals surface area contributed by atoms with Crippen LogP contribution < -0.4 is 0 Å². The second kappa shape index (κ2) is 13.6. The van der Waals surface area contributed by atoms with E-state index in [2.05, 4.69) is 6.92 Å². The first-order chi connectivity index (χ1) is 10.1. The number of amides is 1. The molecule has 5 nitrogen and oxygen atoms in total. The first kappa shape index (κ1) is 19.6. The summed E-state index contributed by atoms with van der Waals surface area (Å²) in [5, 5.41) is 18.6. The van der Waals surface area contributed by atoms with Crippen LogP contribution in [0.4, 0.5) is 0 Å². The Labute approximate surface area is 127 Å². The molecule has 0 bridgehead atoms. The minimum Gasteiger partial charge on any atom is -0.481 e. The highest BCUT2D eigenvalue weighted by Gasteiger charge is 2.06. The Kier molecular flexibility index (Phi) is 12.7. The Hall–Kier alpha value is -1.36. The van der Waals surface area contributed by atoms with Gasteiger partial charge in [-0.3, -0.25) is 14.8 Å². The van der Waals surface area contributed by atoms with Gasteiger partial charge in [-0.2, -0.15) is 0 Å². The maximum absolute atomic E-state index is 11.5. The van der Waals surface area contributed by atoms with E-state index in [1.54, 1.807) is 6.08 Å². The molecule has 0 saturated heterocycles. The Morgan fingerprint density at radius 1 is 1.00 bits per heavy atom. The third-order valence-corrected chi connectivity index (χ3v) is 3.25. The molecular weight excluding hydrogens is 270 g/mol. The van der Waals surface area contributed by atoms with Crippen LogP contribution in [0.5, 0.6) is 0 Å². The molecule has 122 valence electrons. The zero-order chi connectivity index (χ0) is 15.9. The summed E-state index contributed by atoms with van der Waals surface area (Å²) in [5.74, 6) is -1.29. The van der Waals surface area contributed by atoms with Gasteiger partial charge in [-0.25, -0.2) is 5.06 Å². The number of aliphatic carboxylic acids is 1. The van der Waals surface area contributed by atoms with Gasteiger partial charge in [0, 0.05) is 19.0 Å². The third kappa shape index (κ3) is 13.4. The summed E-state index contributed by atoms with van der Waals surface area (Å²) in [6.07, 6.45) is 12.3. The number of hydroxylamine groups is 2. The number of hydrogen-bond donors (Lipinski definition) is 2. The van der Waals surface area contributed by atoms with Crippen LogP contribution >= 0.6 is 0 Å². The second-order valence-corrected chi connectivity index (χ2v) is 5.27. The molecule has 0 spiro atoms. The lowest BCUT2D eigenvalue weighted by molar-refractivity contribution is -0.159. The van der Waals surface area contributed by atoms with E-state index in [0.29, 0.717) is 17.9 Å². The average Bonchev–Trinajstić information content (AvgIpc) is 2.45. The van der Waals surface area contributed by atoms with Gasteiger partial charge in [0.25, 0.3) is 5.91 Å². The molecule has 21 heavy (non-hydrogen) atoms. The summed E-state index contributed by atoms with van der Waals surface area (Å²) >= 11 is 0. The highest BCUT2D eigenvalue weighted by atomic mass is 16.5. The molecule has 0 aromatic rings. The third-order valence-electron chi connectivity index (χ3n) is 3.25. The predicted octanol–water partition coefficient (Wildman–Crippen LogP) is 3.77. The fourth-order valence-corrected chi connectivity index (χ4v) is 1.96. The molecule has 0 atom stereocenters. The molecule has 0 aromatic carbocycles. The minimum absolute atomic E-state index is 0.0654. The van der Waals surface area contributed by atoms with Crippen LogP contribution in [0.15, 0.2) is 12.2 Å². The second-order valence-electron chi connectivity index (χ2n) is 5.27. The van der Waals surface area contributed by atoms with E-state index in [0.717, 1.165) is 12.8 Å². The van der Waals surface area contributed by atoms with Crippen molar-refractivity contribution in [1.82, 2.24) is 5.06 Å². The molecule has 0 radical (unpaired) electrons. The van der Waals surface area contributed by atoms with E-state index in [1.807, 2.05) is 0 Å². The van der Waals surface area contributed by atoms with Crippen LogP contribution in [-0.2, 0) is 9.59 Å². The standard InChI is InChI=1S/C16H29NO4/c1-2-3-4-5-6-7-8-9-12-15(18)17(21)14-11-10-13-16(19)20/h9,12,21H,2-8,10-11,13-14H2,1H3,(H,19,20)/b12-9+. The van der Waals surface area contributed by atoms with Gasteiger partial charge in [-0.15, -0.1) is 0 Å². The van der Waals surface area contributed by atoms with Gasteiger partial charge >= 0.3 is 5.97 Å². The zero-order valence-electron chi connectivity index (χ0n) is 13.1. The van der Waals surface area contributed by atoms with E-state index in [1.165, 1.54) is 38.2 Å². The van der Waals surface area contributed by atoms with Crippen molar-refractivity contribution in [3.63, 3.8) is 0 Å². The van der Waals surface area contributed by atoms with E-state index < -0.39 is 11.9 Å². The maximum Gasteiger partial charge on any atom is 0.303 e. The van der Waals surface area contributed by atoms with Crippen molar-refractivity contribution in [1.29, 1.82) is 0 Å². The van der Waals surface area contributed by atoms with Crippen LogP contribution in [0.25, 0.3) is 0 Å². The van der Waals surface area contributed by atoms with E-state index in [4.69, 9.17) is 5.11 Å². The molecular formula is C16H29NO4. The highest BCUT2D eigenvalue weighted by Crippen LogP contribution is 2.07. The first-order valence-electron chi connectivity index (χ1n) is 7.96. The average molecular weight is 299 g/mol. The number of hydrogen-bond acceptors (Lipinski definition) is 3. The van der Waals surface area contributed by atoms with Gasteiger partial charge in [-0.1, -0.05) is 45.1 Å². The number of carbonyl (C=O) groups is 2. The molecule has 5 heteroatoms. The molecule has 0 aromatic heterocycles. The van der Waals surface area contributed by atoms with Gasteiger partial charge in [0.1, 0.15) is 0 Å². The predicted molar refractivity (Wildman–Crippen MR) is 82.1 cm³/mol. The lowest BCUT2D eigenvalue weighted by Gasteiger charge is -2.11. The summed E-state index contributed by atoms with van der Waals surface area (Å²) in [6, 6.07) is 0. The number of allylic oxidation sites excluding steroid dienone is 1. The van der Waals surface area contributed by atoms with Crippen LogP contribution in [0, 0.1) is 0 Å². The summed E-state index contributed by atoms with van der Waals surface area (Å²) in [4.78, 5) is 21.8. The Bertz CT molecular complexity index is 315. The molecule has 1 amide bonds. The molecule has 0 heterocycles. The van der Waals surface area contributed by atoms with Gasteiger partial charge in [-0.05, 0) is 25.7 Å². The van der Waals surface area contributed by atoms with Gasteiger partial charge in [0.2, 0.25) is 0 Å². The topological polar surface area (TPSA) is 77.8 Å². The van der Waals surface area contributed by atoms with Gasteiger partial charge in [0.05, 0.1) is 0 Å². The van der Waals surface area contributed by atoms with Crippen molar-refractivity contribution in [2.75, 3.05) is 6.54 Å². The fourth-order valence-electron chi connectivity index (χ4n) is 1.96. The molecule has 0 aliphatic heterocycles. The van der Waals surface area contributed by atoms with Gasteiger partial charge in [0.15, 0.2) is 0 Å². The van der Waals surface area contributed by atoms with Crippen molar-refractivity contribution in [2.45, 2.75) is 71.1 Å². The van der Waals surface area contributed by atoms with Crippen LogP contribution in [-0.4, -0.2) is 33.8 Å². The molecule has 0 unspecified atom stereocenters. The van der Waals surface area contributed by atoms with Crippen molar-refractivity contribution in [3.05, 3.63) is 12.2 Å². The number of carboxylic acids is 1. The van der Waals surface area contributed by atoms with E-state index >= 15 is 0 Å². The van der Waals surface area contributed by atoms with E-state index in [-0.39, 0.29) is 13.0 Å². The SMILES string of the molecule is CCCCCCCC/C=C/C(=O)N(O)CCCCC(=O)O. The number of unbranched alkanes of at least 4 members (excludes halogenated alkanes) is 7. The quantitative estimate of drug-likeness (QED) is 0.235. The number of rotatable bonds is 13. The largest absolute Gasteiger partial charge is 0.481 e. The smallest absolute Gasteiger partial charge is 0.303 e. The molecule has 2 N–H and O–H groups in total. The van der Waals surface area contributed by atoms with Crippen molar-refractivity contribution < 1.29 is 19.9 Å². The number of carbonyl (C=O) groups excluding carboxylic acids is 1. The fraction of sp³-hybridized carbons (Fsp3) is 0.750. The summed E-state index contributed by atoms with van der Waals surface area (Å²) in [6.45, 7) is 2.37. The lowest BCUT2D eigenvalue weighted by atomic mass is 10.1. The molecule has 0 fully saturated rings. The Morgan fingerprint density at radius 2 is 1.67 bits per heavy atom. The Balaban J connectivity index is 3.57. The summed E-state index contributed by atoms with van der Waals surface area (Å²) in [7, 11) is 0. The first-order valence-corrected chi connectivity index (χ1v) is 7.96. The number of carboxylic acid groups (broad SMARTS) is 1.